The quantitative estimate of drug-likeness (QED) is 0.446. The van der Waals surface area contributed by atoms with Gasteiger partial charge in [-0.2, -0.15) is 0 Å². The Morgan fingerprint density at radius 3 is 2.56 bits per heavy atom. The van der Waals surface area contributed by atoms with Gasteiger partial charge in [0.15, 0.2) is 5.75 Å². The Labute approximate surface area is 94.4 Å². The average Bonchev–Trinajstić information content (AvgIpc) is 2.27. The van der Waals surface area contributed by atoms with Crippen molar-refractivity contribution < 1.29 is 9.66 Å². The maximum Gasteiger partial charge on any atom is 0.315 e. The molecular weight excluding hydrogens is 206 g/mol. The molecule has 0 aromatic heterocycles. The molecule has 0 aliphatic heterocycles. The Morgan fingerprint density at radius 1 is 1.50 bits per heavy atom. The van der Waals surface area contributed by atoms with Gasteiger partial charge in [-0.25, -0.2) is 0 Å². The molecule has 0 aliphatic rings. The van der Waals surface area contributed by atoms with Gasteiger partial charge in [-0.15, -0.1) is 6.42 Å². The number of terminal acetylenes is 1. The van der Waals surface area contributed by atoms with E-state index < -0.39 is 10.3 Å². The molecule has 1 aromatic rings. The summed E-state index contributed by atoms with van der Waals surface area (Å²) in [6.07, 6.45) is 5.39. The van der Waals surface area contributed by atoms with Gasteiger partial charge in [-0.3, -0.25) is 10.1 Å². The maximum absolute atomic E-state index is 11.0. The second kappa shape index (κ2) is 4.23. The Kier molecular flexibility index (Phi) is 3.19. The molecule has 0 atom stereocenters. The summed E-state index contributed by atoms with van der Waals surface area (Å²) in [7, 11) is 1.40. The fourth-order valence-electron chi connectivity index (χ4n) is 1.46. The third-order valence-electron chi connectivity index (χ3n) is 2.44. The number of para-hydroxylation sites is 1. The summed E-state index contributed by atoms with van der Waals surface area (Å²) in [5.74, 6) is 2.77. The smallest absolute Gasteiger partial charge is 0.315 e. The molecule has 0 unspecified atom stereocenters. The van der Waals surface area contributed by atoms with E-state index in [4.69, 9.17) is 11.2 Å². The van der Waals surface area contributed by atoms with Gasteiger partial charge in [0.25, 0.3) is 0 Å². The van der Waals surface area contributed by atoms with Crippen LogP contribution in [0.3, 0.4) is 0 Å². The summed E-state index contributed by atoms with van der Waals surface area (Å²) >= 11 is 0. The molecule has 0 heterocycles. The van der Waals surface area contributed by atoms with Crippen molar-refractivity contribution >= 4 is 5.69 Å². The predicted octanol–water partition coefficient (Wildman–Crippen LogP) is 2.51. The Morgan fingerprint density at radius 2 is 2.12 bits per heavy atom. The van der Waals surface area contributed by atoms with Crippen LogP contribution >= 0.6 is 0 Å². The number of rotatable bonds is 3. The van der Waals surface area contributed by atoms with Crippen molar-refractivity contribution in [2.45, 2.75) is 19.3 Å². The van der Waals surface area contributed by atoms with Crippen LogP contribution in [0.5, 0.6) is 5.75 Å². The van der Waals surface area contributed by atoms with E-state index in [0.717, 1.165) is 0 Å². The topological polar surface area (TPSA) is 52.4 Å². The molecule has 0 amide bonds. The first kappa shape index (κ1) is 12.1. The highest BCUT2D eigenvalue weighted by Gasteiger charge is 2.30. The first-order valence-electron chi connectivity index (χ1n) is 4.73. The monoisotopic (exact) mass is 219 g/mol. The van der Waals surface area contributed by atoms with Gasteiger partial charge in [0.05, 0.1) is 23.0 Å². The molecule has 4 nitrogen and oxygen atoms in total. The third-order valence-corrected chi connectivity index (χ3v) is 2.44. The molecule has 1 aromatic carbocycles. The van der Waals surface area contributed by atoms with Crippen LogP contribution in [0.2, 0.25) is 0 Å². The zero-order valence-electron chi connectivity index (χ0n) is 9.48. The van der Waals surface area contributed by atoms with Crippen LogP contribution < -0.4 is 4.74 Å². The van der Waals surface area contributed by atoms with E-state index in [1.54, 1.807) is 32.0 Å². The molecule has 1 rings (SSSR count). The molecule has 0 aliphatic carbocycles. The van der Waals surface area contributed by atoms with Gasteiger partial charge in [0.2, 0.25) is 0 Å². The lowest BCUT2D eigenvalue weighted by atomic mass is 9.84. The normalized spacial score (nSPS) is 10.6. The number of nitro benzene ring substituents is 1. The van der Waals surface area contributed by atoms with Crippen LogP contribution in [0.4, 0.5) is 5.69 Å². The van der Waals surface area contributed by atoms with Crippen LogP contribution in [0, 0.1) is 22.5 Å². The van der Waals surface area contributed by atoms with E-state index in [2.05, 4.69) is 5.92 Å². The minimum Gasteiger partial charge on any atom is -0.490 e. The zero-order valence-corrected chi connectivity index (χ0v) is 9.48. The van der Waals surface area contributed by atoms with E-state index in [0.29, 0.717) is 5.56 Å². The highest BCUT2D eigenvalue weighted by Crippen LogP contribution is 2.37. The SMILES string of the molecule is C#CC(C)(C)c1cccc(OC)c1[N+](=O)[O-]. The van der Waals surface area contributed by atoms with E-state index in [1.165, 1.54) is 7.11 Å². The number of nitrogens with zero attached hydrogens (tertiary/aromatic N) is 1. The number of methoxy groups -OCH3 is 1. The second-order valence-electron chi connectivity index (χ2n) is 3.88. The van der Waals surface area contributed by atoms with Gasteiger partial charge >= 0.3 is 5.69 Å². The molecule has 0 N–H and O–H groups in total. The summed E-state index contributed by atoms with van der Waals surface area (Å²) in [6, 6.07) is 4.90. The second-order valence-corrected chi connectivity index (χ2v) is 3.88. The number of benzene rings is 1. The number of hydrogen-bond acceptors (Lipinski definition) is 3. The van der Waals surface area contributed by atoms with E-state index in [9.17, 15) is 10.1 Å². The number of hydrogen-bond donors (Lipinski definition) is 0. The zero-order chi connectivity index (χ0) is 12.3. The van der Waals surface area contributed by atoms with Crippen molar-refractivity contribution in [2.75, 3.05) is 7.11 Å². The van der Waals surface area contributed by atoms with E-state index in [1.807, 2.05) is 0 Å². The molecule has 84 valence electrons. The predicted molar refractivity (Wildman–Crippen MR) is 61.5 cm³/mol. The third kappa shape index (κ3) is 1.98. The van der Waals surface area contributed by atoms with Crippen LogP contribution in [0.25, 0.3) is 0 Å². The molecular formula is C12H13NO3. The molecule has 0 spiro atoms. The van der Waals surface area contributed by atoms with Crippen LogP contribution in [0.1, 0.15) is 19.4 Å². The molecule has 0 saturated heterocycles. The van der Waals surface area contributed by atoms with Crippen molar-refractivity contribution in [2.24, 2.45) is 0 Å². The van der Waals surface area contributed by atoms with Gasteiger partial charge in [0.1, 0.15) is 0 Å². The van der Waals surface area contributed by atoms with Gasteiger partial charge in [-0.1, -0.05) is 18.1 Å². The lowest BCUT2D eigenvalue weighted by Gasteiger charge is -2.18. The van der Waals surface area contributed by atoms with Gasteiger partial charge in [0, 0.05) is 0 Å². The lowest BCUT2D eigenvalue weighted by Crippen LogP contribution is -2.16. The summed E-state index contributed by atoms with van der Waals surface area (Å²) < 4.78 is 4.98. The van der Waals surface area contributed by atoms with Crippen LogP contribution in [-0.2, 0) is 5.41 Å². The minimum absolute atomic E-state index is 0.0621. The first-order chi connectivity index (χ1) is 7.44. The van der Waals surface area contributed by atoms with Crippen LogP contribution in [0.15, 0.2) is 18.2 Å². The largest absolute Gasteiger partial charge is 0.490 e. The Hall–Kier alpha value is -2.02. The average molecular weight is 219 g/mol. The summed E-state index contributed by atoms with van der Waals surface area (Å²) in [5, 5.41) is 11.0. The molecule has 16 heavy (non-hydrogen) atoms. The number of nitro groups is 1. The maximum atomic E-state index is 11.0. The minimum atomic E-state index is -0.697. The van der Waals surface area contributed by atoms with Crippen molar-refractivity contribution in [1.82, 2.24) is 0 Å². The molecule has 0 radical (unpaired) electrons. The fraction of sp³-hybridized carbons (Fsp3) is 0.333. The van der Waals surface area contributed by atoms with Crippen molar-refractivity contribution in [1.29, 1.82) is 0 Å². The highest BCUT2D eigenvalue weighted by molar-refractivity contribution is 5.57. The lowest BCUT2D eigenvalue weighted by molar-refractivity contribution is -0.386. The molecule has 0 fully saturated rings. The van der Waals surface area contributed by atoms with Crippen molar-refractivity contribution in [3.8, 4) is 18.1 Å². The van der Waals surface area contributed by atoms with Crippen molar-refractivity contribution in [3.63, 3.8) is 0 Å². The summed E-state index contributed by atoms with van der Waals surface area (Å²) in [5.41, 5.74) is -0.274. The van der Waals surface area contributed by atoms with Gasteiger partial charge < -0.3 is 4.74 Å². The molecule has 0 saturated carbocycles. The molecule has 4 heteroatoms. The van der Waals surface area contributed by atoms with Gasteiger partial charge in [-0.05, 0) is 19.9 Å². The van der Waals surface area contributed by atoms with E-state index >= 15 is 0 Å². The Balaban J connectivity index is 3.53. The van der Waals surface area contributed by atoms with E-state index in [-0.39, 0.29) is 11.4 Å². The first-order valence-corrected chi connectivity index (χ1v) is 4.73. The Bertz CT molecular complexity index is 458. The van der Waals surface area contributed by atoms with Crippen molar-refractivity contribution in [3.05, 3.63) is 33.9 Å². The fourth-order valence-corrected chi connectivity index (χ4v) is 1.46. The molecule has 0 bridgehead atoms. The standard InChI is InChI=1S/C12H13NO3/c1-5-12(2,3)9-7-6-8-10(16-4)11(9)13(14)15/h1,6-8H,2-4H3. The number of ether oxygens (including phenoxy) is 1. The van der Waals surface area contributed by atoms with Crippen LogP contribution in [-0.4, -0.2) is 12.0 Å². The summed E-state index contributed by atoms with van der Waals surface area (Å²) in [6.45, 7) is 3.52. The summed E-state index contributed by atoms with van der Waals surface area (Å²) in [4.78, 5) is 10.6. The highest BCUT2D eigenvalue weighted by atomic mass is 16.6.